The smallest absolute Gasteiger partial charge is 0.251 e. The molecular formula is C28H35FN6O3. The number of aryl methyl sites for hydroxylation is 2. The van der Waals surface area contributed by atoms with Gasteiger partial charge in [-0.1, -0.05) is 0 Å². The molecule has 9 nitrogen and oxygen atoms in total. The van der Waals surface area contributed by atoms with Crippen LogP contribution in [0.2, 0.25) is 0 Å². The van der Waals surface area contributed by atoms with Crippen LogP contribution >= 0.6 is 0 Å². The lowest BCUT2D eigenvalue weighted by molar-refractivity contribution is 0.0962. The molecule has 0 radical (unpaired) electrons. The van der Waals surface area contributed by atoms with E-state index in [1.807, 2.05) is 12.1 Å². The number of hydrogen-bond donors (Lipinski definition) is 3. The van der Waals surface area contributed by atoms with Gasteiger partial charge in [0.25, 0.3) is 5.91 Å². The summed E-state index contributed by atoms with van der Waals surface area (Å²) < 4.78 is 25.6. The van der Waals surface area contributed by atoms with Crippen LogP contribution in [0.5, 0.6) is 11.5 Å². The Balaban J connectivity index is 1.42. The van der Waals surface area contributed by atoms with Crippen molar-refractivity contribution < 1.29 is 18.7 Å². The molecule has 0 saturated carbocycles. The third-order valence-electron chi connectivity index (χ3n) is 6.55. The summed E-state index contributed by atoms with van der Waals surface area (Å²) in [7, 11) is 4.58. The normalized spacial score (nSPS) is 17.2. The number of carbonyl (C=O) groups excluding carboxylic acids is 1. The fraction of sp³-hybridized carbons (Fsp3) is 0.393. The van der Waals surface area contributed by atoms with E-state index in [1.165, 1.54) is 20.2 Å². The van der Waals surface area contributed by atoms with E-state index in [0.717, 1.165) is 35.8 Å². The lowest BCUT2D eigenvalue weighted by atomic mass is 10.0. The number of hydrogen-bond acceptors (Lipinski definition) is 8. The predicted octanol–water partition coefficient (Wildman–Crippen LogP) is 3.71. The molecular weight excluding hydrogens is 487 g/mol. The number of halogens is 1. The lowest BCUT2D eigenvalue weighted by Gasteiger charge is -2.38. The highest BCUT2D eigenvalue weighted by Crippen LogP contribution is 2.33. The molecule has 0 aliphatic carbocycles. The third-order valence-corrected chi connectivity index (χ3v) is 6.55. The van der Waals surface area contributed by atoms with Crippen molar-refractivity contribution in [2.75, 3.05) is 44.6 Å². The van der Waals surface area contributed by atoms with Gasteiger partial charge in [0.15, 0.2) is 11.6 Å². The summed E-state index contributed by atoms with van der Waals surface area (Å²) in [6.45, 7) is 6.18. The van der Waals surface area contributed by atoms with Crippen LogP contribution in [0.1, 0.15) is 35.3 Å². The van der Waals surface area contributed by atoms with Gasteiger partial charge in [-0.15, -0.1) is 0 Å². The lowest BCUT2D eigenvalue weighted by Crippen LogP contribution is -2.54. The van der Waals surface area contributed by atoms with Crippen LogP contribution in [0.3, 0.4) is 0 Å². The number of nitrogens with zero attached hydrogens (tertiary/aromatic N) is 3. The van der Waals surface area contributed by atoms with Crippen LogP contribution in [0.15, 0.2) is 42.7 Å². The standard InChI is InChI=1S/C28H35FN6O3/c1-17-15-35(16-18(2)33-17)23-9-8-22(12-24(23)37-4)34-28-31-13-19(14-32-28)6-7-20-10-21(27(36)30-3)11-25(38-5)26(20)29/h8-14,17-18,33H,6-7,15-16H2,1-5H3,(H,30,36)(H,31,32,34)/t17-,18+. The summed E-state index contributed by atoms with van der Waals surface area (Å²) in [5, 5.41) is 9.33. The van der Waals surface area contributed by atoms with Crippen molar-refractivity contribution in [3.05, 3.63) is 65.2 Å². The Morgan fingerprint density at radius 2 is 1.74 bits per heavy atom. The number of aromatic nitrogens is 2. The molecule has 3 aromatic rings. The van der Waals surface area contributed by atoms with Crippen molar-refractivity contribution in [2.24, 2.45) is 0 Å². The van der Waals surface area contributed by atoms with Crippen LogP contribution in [0.4, 0.5) is 21.7 Å². The van der Waals surface area contributed by atoms with Gasteiger partial charge in [-0.3, -0.25) is 4.79 Å². The Bertz CT molecular complexity index is 1260. The SMILES string of the molecule is CNC(=O)c1cc(CCc2cnc(Nc3ccc(N4C[C@@H](C)N[C@@H](C)C4)c(OC)c3)nc2)c(F)c(OC)c1. The van der Waals surface area contributed by atoms with Gasteiger partial charge in [0.2, 0.25) is 5.95 Å². The second-order valence-corrected chi connectivity index (χ2v) is 9.53. The van der Waals surface area contributed by atoms with Crippen molar-refractivity contribution in [2.45, 2.75) is 38.8 Å². The quantitative estimate of drug-likeness (QED) is 0.391. The molecule has 1 fully saturated rings. The van der Waals surface area contributed by atoms with Crippen LogP contribution in [0.25, 0.3) is 0 Å². The third kappa shape index (κ3) is 6.31. The molecule has 2 atom stereocenters. The number of ether oxygens (including phenoxy) is 2. The predicted molar refractivity (Wildman–Crippen MR) is 146 cm³/mol. The van der Waals surface area contributed by atoms with E-state index >= 15 is 0 Å². The second-order valence-electron chi connectivity index (χ2n) is 9.53. The molecule has 2 aromatic carbocycles. The number of methoxy groups -OCH3 is 2. The van der Waals surface area contributed by atoms with Crippen LogP contribution in [-0.4, -0.2) is 62.3 Å². The molecule has 0 spiro atoms. The molecule has 2 heterocycles. The molecule has 38 heavy (non-hydrogen) atoms. The van der Waals surface area contributed by atoms with E-state index in [-0.39, 0.29) is 11.7 Å². The number of carbonyl (C=O) groups is 1. The fourth-order valence-electron chi connectivity index (χ4n) is 4.76. The van der Waals surface area contributed by atoms with Gasteiger partial charge in [-0.25, -0.2) is 14.4 Å². The Kier molecular flexibility index (Phi) is 8.62. The number of rotatable bonds is 9. The number of amides is 1. The van der Waals surface area contributed by atoms with E-state index in [1.54, 1.807) is 25.6 Å². The summed E-state index contributed by atoms with van der Waals surface area (Å²) in [4.78, 5) is 23.2. The van der Waals surface area contributed by atoms with Gasteiger partial charge >= 0.3 is 0 Å². The molecule has 202 valence electrons. The van der Waals surface area contributed by atoms with Gasteiger partial charge < -0.3 is 30.3 Å². The van der Waals surface area contributed by atoms with E-state index in [4.69, 9.17) is 9.47 Å². The highest BCUT2D eigenvalue weighted by molar-refractivity contribution is 5.94. The van der Waals surface area contributed by atoms with Gasteiger partial charge in [-0.05, 0) is 62.1 Å². The van der Waals surface area contributed by atoms with E-state index in [9.17, 15) is 9.18 Å². The Labute approximate surface area is 222 Å². The monoisotopic (exact) mass is 522 g/mol. The summed E-state index contributed by atoms with van der Waals surface area (Å²) in [6.07, 6.45) is 4.29. The van der Waals surface area contributed by atoms with Crippen LogP contribution in [0, 0.1) is 5.82 Å². The zero-order valence-electron chi connectivity index (χ0n) is 22.5. The van der Waals surface area contributed by atoms with Crippen LogP contribution in [-0.2, 0) is 12.8 Å². The van der Waals surface area contributed by atoms with Gasteiger partial charge in [0.1, 0.15) is 5.75 Å². The van der Waals surface area contributed by atoms with Crippen molar-refractivity contribution in [1.82, 2.24) is 20.6 Å². The molecule has 1 aromatic heterocycles. The summed E-state index contributed by atoms with van der Waals surface area (Å²) in [5.74, 6) is 0.498. The minimum atomic E-state index is -0.471. The first-order chi connectivity index (χ1) is 18.3. The van der Waals surface area contributed by atoms with Crippen molar-refractivity contribution in [3.63, 3.8) is 0 Å². The fourth-order valence-corrected chi connectivity index (χ4v) is 4.76. The maximum atomic E-state index is 14.8. The van der Waals surface area contributed by atoms with E-state index in [2.05, 4.69) is 50.7 Å². The maximum absolute atomic E-state index is 14.8. The largest absolute Gasteiger partial charge is 0.495 e. The first-order valence-corrected chi connectivity index (χ1v) is 12.7. The molecule has 0 unspecified atom stereocenters. The number of nitrogens with one attached hydrogen (secondary N) is 3. The molecule has 1 saturated heterocycles. The average Bonchev–Trinajstić information content (AvgIpc) is 2.92. The minimum absolute atomic E-state index is 0.0410. The first-order valence-electron chi connectivity index (χ1n) is 12.7. The Hall–Kier alpha value is -3.92. The highest BCUT2D eigenvalue weighted by atomic mass is 19.1. The molecule has 3 N–H and O–H groups in total. The zero-order valence-corrected chi connectivity index (χ0v) is 22.5. The van der Waals surface area contributed by atoms with Crippen molar-refractivity contribution in [3.8, 4) is 11.5 Å². The summed E-state index contributed by atoms with van der Waals surface area (Å²) in [5.41, 5.74) is 3.45. The van der Waals surface area contributed by atoms with E-state index < -0.39 is 5.82 Å². The van der Waals surface area contributed by atoms with Crippen LogP contribution < -0.4 is 30.3 Å². The molecule has 1 aliphatic rings. The molecule has 4 rings (SSSR count). The zero-order chi connectivity index (χ0) is 27.2. The number of anilines is 3. The molecule has 1 aliphatic heterocycles. The number of piperazine rings is 1. The Morgan fingerprint density at radius 3 is 2.37 bits per heavy atom. The average molecular weight is 523 g/mol. The van der Waals surface area contributed by atoms with E-state index in [0.29, 0.717) is 42.0 Å². The minimum Gasteiger partial charge on any atom is -0.495 e. The Morgan fingerprint density at radius 1 is 1.05 bits per heavy atom. The number of benzene rings is 2. The van der Waals surface area contributed by atoms with Gasteiger partial charge in [0.05, 0.1) is 19.9 Å². The summed E-state index contributed by atoms with van der Waals surface area (Å²) in [6, 6.07) is 9.72. The summed E-state index contributed by atoms with van der Waals surface area (Å²) >= 11 is 0. The van der Waals surface area contributed by atoms with Gasteiger partial charge in [0, 0.05) is 61.9 Å². The second kappa shape index (κ2) is 12.1. The van der Waals surface area contributed by atoms with Gasteiger partial charge in [-0.2, -0.15) is 0 Å². The molecule has 1 amide bonds. The first kappa shape index (κ1) is 27.1. The van der Waals surface area contributed by atoms with Crippen molar-refractivity contribution >= 4 is 23.2 Å². The topological polar surface area (TPSA) is 101 Å². The highest BCUT2D eigenvalue weighted by Gasteiger charge is 2.23. The molecule has 10 heteroatoms. The molecule has 0 bridgehead atoms. The maximum Gasteiger partial charge on any atom is 0.251 e. The van der Waals surface area contributed by atoms with Crippen molar-refractivity contribution in [1.29, 1.82) is 0 Å².